The number of rotatable bonds is 7. The molecule has 0 aliphatic rings. The first kappa shape index (κ1) is 22.8. The molecule has 0 saturated heterocycles. The zero-order valence-electron chi connectivity index (χ0n) is 15.1. The Balaban J connectivity index is 3.51. The molecule has 2 N–H and O–H groups in total. The van der Waals surface area contributed by atoms with Crippen LogP contribution < -0.4 is 5.14 Å². The second-order valence-corrected chi connectivity index (χ2v) is 7.84. The summed E-state index contributed by atoms with van der Waals surface area (Å²) in [5, 5.41) is 16.1. The number of halogens is 3. The molecule has 0 aromatic heterocycles. The summed E-state index contributed by atoms with van der Waals surface area (Å²) < 4.78 is 63.9. The zero-order valence-corrected chi connectivity index (χ0v) is 15.9. The molecule has 27 heavy (non-hydrogen) atoms. The molecule has 1 aromatic rings. The number of allylic oxidation sites excluding steroid dienone is 4. The highest BCUT2D eigenvalue weighted by Gasteiger charge is 2.42. The van der Waals surface area contributed by atoms with Crippen LogP contribution in [0.2, 0.25) is 0 Å². The smallest absolute Gasteiger partial charge is 0.258 e. The number of primary sulfonamides is 1. The molecule has 10 heteroatoms. The molecule has 0 saturated carbocycles. The van der Waals surface area contributed by atoms with Gasteiger partial charge in [0.1, 0.15) is 5.56 Å². The Kier molecular flexibility index (Phi) is 7.32. The van der Waals surface area contributed by atoms with Crippen LogP contribution in [0.4, 0.5) is 18.9 Å². The average Bonchev–Trinajstić information content (AvgIpc) is 2.49. The molecule has 0 unspecified atom stereocenters. The van der Waals surface area contributed by atoms with Crippen LogP contribution in [0.1, 0.15) is 44.7 Å². The van der Waals surface area contributed by atoms with Gasteiger partial charge in [-0.1, -0.05) is 23.3 Å². The van der Waals surface area contributed by atoms with Gasteiger partial charge in [0.25, 0.3) is 5.69 Å². The monoisotopic (exact) mass is 406 g/mol. The normalized spacial score (nSPS) is 12.8. The van der Waals surface area contributed by atoms with Crippen LogP contribution >= 0.6 is 0 Å². The van der Waals surface area contributed by atoms with E-state index in [4.69, 9.17) is 5.14 Å². The standard InChI is InChI=1S/C17H21F3N2O4S/c1-11(2)5-4-6-12(3)7-8-13-15(27(21,25)26)10-9-14(22(23)24)16(13)17(18,19)20/h5,7,9-10H,4,6,8H2,1-3H3,(H2,21,25,26)/b12-7+. The molecule has 0 atom stereocenters. The summed E-state index contributed by atoms with van der Waals surface area (Å²) in [4.78, 5) is 9.07. The van der Waals surface area contributed by atoms with Gasteiger partial charge in [0.05, 0.1) is 9.82 Å². The predicted molar refractivity (Wildman–Crippen MR) is 95.6 cm³/mol. The van der Waals surface area contributed by atoms with Crippen molar-refractivity contribution in [3.63, 3.8) is 0 Å². The maximum Gasteiger partial charge on any atom is 0.423 e. The van der Waals surface area contributed by atoms with E-state index in [1.165, 1.54) is 6.08 Å². The van der Waals surface area contributed by atoms with Crippen molar-refractivity contribution in [2.24, 2.45) is 5.14 Å². The van der Waals surface area contributed by atoms with Crippen LogP contribution in [0.25, 0.3) is 0 Å². The van der Waals surface area contributed by atoms with Crippen molar-refractivity contribution < 1.29 is 26.5 Å². The van der Waals surface area contributed by atoms with E-state index in [0.717, 1.165) is 17.2 Å². The van der Waals surface area contributed by atoms with E-state index in [1.807, 2.05) is 19.9 Å². The summed E-state index contributed by atoms with van der Waals surface area (Å²) >= 11 is 0. The van der Waals surface area contributed by atoms with Crippen LogP contribution in [-0.4, -0.2) is 13.3 Å². The third-order valence-corrected chi connectivity index (χ3v) is 4.78. The lowest BCUT2D eigenvalue weighted by molar-refractivity contribution is -0.388. The number of hydrogen-bond donors (Lipinski definition) is 1. The van der Waals surface area contributed by atoms with Crippen molar-refractivity contribution >= 4 is 15.7 Å². The Labute approximate surface area is 155 Å². The summed E-state index contributed by atoms with van der Waals surface area (Å²) in [6.07, 6.45) is -0.922. The first-order valence-corrected chi connectivity index (χ1v) is 9.49. The van der Waals surface area contributed by atoms with Crippen LogP contribution in [0, 0.1) is 10.1 Å². The van der Waals surface area contributed by atoms with E-state index in [9.17, 15) is 31.7 Å². The number of nitrogens with zero attached hydrogens (tertiary/aromatic N) is 1. The summed E-state index contributed by atoms with van der Waals surface area (Å²) in [5.74, 6) is 0. The van der Waals surface area contributed by atoms with Gasteiger partial charge in [-0.05, 0) is 51.7 Å². The number of alkyl halides is 3. The molecule has 0 heterocycles. The molecule has 1 rings (SSSR count). The van der Waals surface area contributed by atoms with Crippen molar-refractivity contribution in [1.29, 1.82) is 0 Å². The van der Waals surface area contributed by atoms with E-state index in [1.54, 1.807) is 6.92 Å². The topological polar surface area (TPSA) is 103 Å². The van der Waals surface area contributed by atoms with Gasteiger partial charge in [-0.25, -0.2) is 13.6 Å². The fraction of sp³-hybridized carbons (Fsp3) is 0.412. The minimum atomic E-state index is -5.11. The average molecular weight is 406 g/mol. The van der Waals surface area contributed by atoms with E-state index >= 15 is 0 Å². The molecule has 1 aromatic carbocycles. The summed E-state index contributed by atoms with van der Waals surface area (Å²) in [7, 11) is -4.50. The summed E-state index contributed by atoms with van der Waals surface area (Å²) in [6, 6.07) is 1.25. The van der Waals surface area contributed by atoms with Crippen molar-refractivity contribution in [2.75, 3.05) is 0 Å². The Morgan fingerprint density at radius 2 is 1.81 bits per heavy atom. The van der Waals surface area contributed by atoms with Crippen molar-refractivity contribution in [3.8, 4) is 0 Å². The minimum Gasteiger partial charge on any atom is -0.258 e. The lowest BCUT2D eigenvalue weighted by atomic mass is 9.99. The molecule has 150 valence electrons. The second kappa shape index (κ2) is 8.66. The largest absolute Gasteiger partial charge is 0.423 e. The number of nitro groups is 1. The number of nitrogens with two attached hydrogens (primary N) is 1. The van der Waals surface area contributed by atoms with Gasteiger partial charge in [-0.3, -0.25) is 10.1 Å². The highest BCUT2D eigenvalue weighted by atomic mass is 32.2. The van der Waals surface area contributed by atoms with Gasteiger partial charge in [0, 0.05) is 6.07 Å². The highest BCUT2D eigenvalue weighted by Crippen LogP contribution is 2.41. The maximum atomic E-state index is 13.5. The second-order valence-electron chi connectivity index (χ2n) is 6.31. The SMILES string of the molecule is CC(C)=CCC/C(C)=C/Cc1c(S(N)(=O)=O)ccc([N+](=O)[O-])c1C(F)(F)F. The molecule has 0 radical (unpaired) electrons. The summed E-state index contributed by atoms with van der Waals surface area (Å²) in [6.45, 7) is 5.52. The van der Waals surface area contributed by atoms with Gasteiger partial charge >= 0.3 is 6.18 Å². The van der Waals surface area contributed by atoms with E-state index in [-0.39, 0.29) is 0 Å². The lowest BCUT2D eigenvalue weighted by Crippen LogP contribution is -2.20. The molecule has 0 fully saturated rings. The Morgan fingerprint density at radius 3 is 2.26 bits per heavy atom. The van der Waals surface area contributed by atoms with Gasteiger partial charge in [0.15, 0.2) is 0 Å². The van der Waals surface area contributed by atoms with Crippen molar-refractivity contribution in [3.05, 3.63) is 56.7 Å². The van der Waals surface area contributed by atoms with Crippen LogP contribution in [0.15, 0.2) is 40.3 Å². The molecule has 6 nitrogen and oxygen atoms in total. The van der Waals surface area contributed by atoms with Gasteiger partial charge in [0.2, 0.25) is 10.0 Å². The molecule has 0 bridgehead atoms. The molecular formula is C17H21F3N2O4S. The quantitative estimate of drug-likeness (QED) is 0.409. The van der Waals surface area contributed by atoms with Crippen LogP contribution in [0.3, 0.4) is 0 Å². The third kappa shape index (κ3) is 6.47. The number of sulfonamides is 1. The first-order chi connectivity index (χ1) is 12.2. The number of hydrogen-bond acceptors (Lipinski definition) is 4. The molecule has 0 spiro atoms. The number of nitro benzene ring substituents is 1. The minimum absolute atomic E-state index is 0.442. The van der Waals surface area contributed by atoms with Crippen molar-refractivity contribution in [2.45, 2.75) is 51.1 Å². The van der Waals surface area contributed by atoms with E-state index in [2.05, 4.69) is 0 Å². The molecule has 0 amide bonds. The predicted octanol–water partition coefficient (Wildman–Crippen LogP) is 4.50. The summed E-state index contributed by atoms with van der Waals surface area (Å²) in [5.41, 5.74) is -1.70. The first-order valence-electron chi connectivity index (χ1n) is 7.94. The Morgan fingerprint density at radius 1 is 1.22 bits per heavy atom. The van der Waals surface area contributed by atoms with Crippen molar-refractivity contribution in [1.82, 2.24) is 0 Å². The Bertz CT molecular complexity index is 884. The van der Waals surface area contributed by atoms with Gasteiger partial charge in [-0.15, -0.1) is 0 Å². The zero-order chi connectivity index (χ0) is 21.0. The molecular weight excluding hydrogens is 385 g/mol. The van der Waals surface area contributed by atoms with Crippen LogP contribution in [0.5, 0.6) is 0 Å². The fourth-order valence-corrected chi connectivity index (χ4v) is 3.31. The van der Waals surface area contributed by atoms with Gasteiger partial charge < -0.3 is 0 Å². The highest BCUT2D eigenvalue weighted by molar-refractivity contribution is 7.89. The third-order valence-electron chi connectivity index (χ3n) is 3.78. The maximum absolute atomic E-state index is 13.5. The number of benzene rings is 1. The van der Waals surface area contributed by atoms with Crippen LogP contribution in [-0.2, 0) is 22.6 Å². The molecule has 0 aliphatic heterocycles. The molecule has 0 aliphatic carbocycles. The van der Waals surface area contributed by atoms with E-state index < -0.39 is 49.3 Å². The lowest BCUT2D eigenvalue weighted by Gasteiger charge is -2.15. The fourth-order valence-electron chi connectivity index (χ4n) is 2.52. The Hall–Kier alpha value is -2.20. The van der Waals surface area contributed by atoms with Gasteiger partial charge in [-0.2, -0.15) is 13.2 Å². The van der Waals surface area contributed by atoms with E-state index in [0.29, 0.717) is 18.9 Å².